The van der Waals surface area contributed by atoms with Crippen molar-refractivity contribution in [3.8, 4) is 0 Å². The van der Waals surface area contributed by atoms with Crippen LogP contribution in [-0.2, 0) is 5.67 Å². The molecule has 18 heteroatoms. The van der Waals surface area contributed by atoms with Gasteiger partial charge in [0.25, 0.3) is 0 Å². The van der Waals surface area contributed by atoms with Gasteiger partial charge in [-0.2, -0.15) is 65.9 Å². The van der Waals surface area contributed by atoms with Gasteiger partial charge in [-0.05, 0) is 12.1 Å². The van der Waals surface area contributed by atoms with Gasteiger partial charge in [-0.25, -0.2) is 4.39 Å². The minimum absolute atomic E-state index is 0.151. The molecule has 0 saturated heterocycles. The molecule has 0 saturated carbocycles. The fourth-order valence-corrected chi connectivity index (χ4v) is 3.68. The molecule has 0 nitrogen and oxygen atoms in total. The van der Waals surface area contributed by atoms with Gasteiger partial charge in [-0.3, -0.25) is 0 Å². The summed E-state index contributed by atoms with van der Waals surface area (Å²) >= 11 is 11.0. The van der Waals surface area contributed by atoms with E-state index >= 15 is 13.2 Å². The van der Waals surface area contributed by atoms with Crippen LogP contribution in [0.4, 0.5) is 70.2 Å². The zero-order valence-electron chi connectivity index (χ0n) is 17.4. The molecule has 2 rings (SSSR count). The standard InChI is InChI=1S/C20H8Cl2F16/c21-11-7-3-1-5-9(11)13(23,10-6-2-4-8-12(10)22)14(24,25)15(26,27)16(28,29)17(30,31)18(32,33)19(34,35)20(36,37)38/h1-8H. The number of alkyl halides is 16. The summed E-state index contributed by atoms with van der Waals surface area (Å²) in [5.41, 5.74) is -9.24. The van der Waals surface area contributed by atoms with Crippen LogP contribution < -0.4 is 0 Å². The average molecular weight is 623 g/mol. The summed E-state index contributed by atoms with van der Waals surface area (Å²) in [7, 11) is 0. The Kier molecular flexibility index (Phi) is 7.80. The summed E-state index contributed by atoms with van der Waals surface area (Å²) in [6.07, 6.45) is -7.76. The second kappa shape index (κ2) is 9.24. The van der Waals surface area contributed by atoms with Gasteiger partial charge in [0, 0.05) is 21.2 Å². The van der Waals surface area contributed by atoms with Gasteiger partial charge in [0.1, 0.15) is 0 Å². The van der Waals surface area contributed by atoms with Crippen LogP contribution in [0, 0.1) is 0 Å². The van der Waals surface area contributed by atoms with Crippen molar-refractivity contribution < 1.29 is 70.2 Å². The van der Waals surface area contributed by atoms with Crippen molar-refractivity contribution >= 4 is 23.2 Å². The second-order valence-electron chi connectivity index (χ2n) is 7.56. The Bertz CT molecular complexity index is 1130. The molecule has 2 aromatic rings. The first-order chi connectivity index (χ1) is 16.8. The van der Waals surface area contributed by atoms with Gasteiger partial charge in [-0.1, -0.05) is 59.6 Å². The van der Waals surface area contributed by atoms with E-state index in [-0.39, 0.29) is 12.1 Å². The van der Waals surface area contributed by atoms with Gasteiger partial charge in [0.15, 0.2) is 0 Å². The van der Waals surface area contributed by atoms with E-state index in [0.29, 0.717) is 24.3 Å². The van der Waals surface area contributed by atoms with Crippen molar-refractivity contribution in [1.82, 2.24) is 0 Å². The molecule has 0 unspecified atom stereocenters. The molecule has 0 fully saturated rings. The first kappa shape index (κ1) is 32.1. The topological polar surface area (TPSA) is 0 Å². The van der Waals surface area contributed by atoms with Crippen molar-refractivity contribution in [2.75, 3.05) is 0 Å². The summed E-state index contributed by atoms with van der Waals surface area (Å²) in [5.74, 6) is -49.2. The first-order valence-electron chi connectivity index (χ1n) is 9.31. The van der Waals surface area contributed by atoms with E-state index in [1.165, 1.54) is 0 Å². The van der Waals surface area contributed by atoms with Gasteiger partial charge < -0.3 is 0 Å². The van der Waals surface area contributed by atoms with Crippen LogP contribution in [0.2, 0.25) is 10.0 Å². The molecule has 0 atom stereocenters. The normalized spacial score (nSPS) is 15.1. The Morgan fingerprint density at radius 1 is 0.368 bits per heavy atom. The summed E-state index contributed by atoms with van der Waals surface area (Å²) < 4.78 is 222. The summed E-state index contributed by atoms with van der Waals surface area (Å²) in [4.78, 5) is 0. The number of benzene rings is 2. The smallest absolute Gasteiger partial charge is 0.226 e. The number of halogens is 18. The fourth-order valence-electron chi connectivity index (χ4n) is 3.15. The lowest BCUT2D eigenvalue weighted by Gasteiger charge is -2.45. The van der Waals surface area contributed by atoms with Gasteiger partial charge in [-0.15, -0.1) is 0 Å². The SMILES string of the molecule is FC(F)(F)C(F)(F)C(F)(F)C(F)(F)C(F)(F)C(F)(F)C(F)(F)C(F)(c1ccccc1Cl)c1ccccc1Cl. The molecule has 2 aromatic carbocycles. The predicted molar refractivity (Wildman–Crippen MR) is 101 cm³/mol. The van der Waals surface area contributed by atoms with Crippen LogP contribution in [-0.4, -0.2) is 41.7 Å². The molecule has 0 radical (unpaired) electrons. The highest BCUT2D eigenvalue weighted by atomic mass is 35.5. The third kappa shape index (κ3) is 4.07. The zero-order chi connectivity index (χ0) is 30.0. The number of rotatable bonds is 8. The third-order valence-electron chi connectivity index (χ3n) is 5.25. The highest BCUT2D eigenvalue weighted by Crippen LogP contribution is 2.66. The summed E-state index contributed by atoms with van der Waals surface area (Å²) in [5, 5.41) is -2.51. The molecule has 38 heavy (non-hydrogen) atoms. The molecule has 0 amide bonds. The van der Waals surface area contributed by atoms with E-state index in [0.717, 1.165) is 12.1 Å². The Morgan fingerprint density at radius 2 is 0.632 bits per heavy atom. The van der Waals surface area contributed by atoms with Crippen LogP contribution in [0.5, 0.6) is 0 Å². The molecule has 214 valence electrons. The van der Waals surface area contributed by atoms with E-state index in [9.17, 15) is 57.1 Å². The van der Waals surface area contributed by atoms with Gasteiger partial charge >= 0.3 is 41.7 Å². The van der Waals surface area contributed by atoms with Crippen molar-refractivity contribution in [2.45, 2.75) is 47.4 Å². The van der Waals surface area contributed by atoms with Crippen LogP contribution >= 0.6 is 23.2 Å². The molecule has 0 spiro atoms. The maximum absolute atomic E-state index is 16.2. The molecule has 0 aliphatic rings. The summed E-state index contributed by atoms with van der Waals surface area (Å²) in [6.45, 7) is 0. The zero-order valence-corrected chi connectivity index (χ0v) is 18.9. The van der Waals surface area contributed by atoms with Crippen LogP contribution in [0.1, 0.15) is 11.1 Å². The van der Waals surface area contributed by atoms with Crippen molar-refractivity contribution in [3.05, 3.63) is 69.7 Å². The van der Waals surface area contributed by atoms with Crippen LogP contribution in [0.15, 0.2) is 48.5 Å². The number of hydrogen-bond acceptors (Lipinski definition) is 0. The molecular formula is C20H8Cl2F16. The van der Waals surface area contributed by atoms with Gasteiger partial charge in [0.2, 0.25) is 5.67 Å². The predicted octanol–water partition coefficient (Wildman–Crippen LogP) is 9.58. The first-order valence-corrected chi connectivity index (χ1v) is 10.1. The molecule has 0 bridgehead atoms. The lowest BCUT2D eigenvalue weighted by Crippen LogP contribution is -2.74. The molecular weight excluding hydrogens is 615 g/mol. The quantitative estimate of drug-likeness (QED) is 0.257. The maximum Gasteiger partial charge on any atom is 0.460 e. The Balaban J connectivity index is 2.93. The highest BCUT2D eigenvalue weighted by Gasteiger charge is 2.95. The van der Waals surface area contributed by atoms with Gasteiger partial charge in [0.05, 0.1) is 0 Å². The minimum Gasteiger partial charge on any atom is -0.226 e. The third-order valence-corrected chi connectivity index (χ3v) is 5.91. The molecule has 0 aromatic heterocycles. The van der Waals surface area contributed by atoms with Crippen LogP contribution in [0.3, 0.4) is 0 Å². The van der Waals surface area contributed by atoms with Crippen molar-refractivity contribution in [3.63, 3.8) is 0 Å². The van der Waals surface area contributed by atoms with E-state index in [1.807, 2.05) is 0 Å². The monoisotopic (exact) mass is 622 g/mol. The van der Waals surface area contributed by atoms with Crippen molar-refractivity contribution in [1.29, 1.82) is 0 Å². The van der Waals surface area contributed by atoms with Crippen LogP contribution in [0.25, 0.3) is 0 Å². The summed E-state index contributed by atoms with van der Waals surface area (Å²) in [6, 6.07) is 4.25. The van der Waals surface area contributed by atoms with Crippen molar-refractivity contribution in [2.24, 2.45) is 0 Å². The Labute approximate surface area is 211 Å². The second-order valence-corrected chi connectivity index (χ2v) is 8.38. The molecule has 0 aliphatic carbocycles. The fraction of sp³-hybridized carbons (Fsp3) is 0.400. The maximum atomic E-state index is 16.2. The Morgan fingerprint density at radius 3 is 0.921 bits per heavy atom. The molecule has 0 aliphatic heterocycles. The largest absolute Gasteiger partial charge is 0.460 e. The lowest BCUT2D eigenvalue weighted by atomic mass is 9.77. The number of hydrogen-bond donors (Lipinski definition) is 0. The van der Waals surface area contributed by atoms with E-state index < -0.39 is 68.6 Å². The van der Waals surface area contributed by atoms with E-state index in [1.54, 1.807) is 0 Å². The van der Waals surface area contributed by atoms with E-state index in [2.05, 4.69) is 0 Å². The Hall–Kier alpha value is -2.10. The molecule has 0 N–H and O–H groups in total. The molecule has 0 heterocycles. The lowest BCUT2D eigenvalue weighted by molar-refractivity contribution is -0.457. The van der Waals surface area contributed by atoms with E-state index in [4.69, 9.17) is 23.2 Å². The minimum atomic E-state index is -8.58. The highest BCUT2D eigenvalue weighted by molar-refractivity contribution is 6.32. The average Bonchev–Trinajstić information content (AvgIpc) is 2.77.